The van der Waals surface area contributed by atoms with Gasteiger partial charge in [0, 0.05) is 25.3 Å². The molecule has 3 heterocycles. The maximum atomic E-state index is 6.22. The van der Waals surface area contributed by atoms with Crippen LogP contribution in [0.15, 0.2) is 12.3 Å². The number of nitrogens with zero attached hydrogens (tertiary/aromatic N) is 3. The average molecular weight is 292 g/mol. The first kappa shape index (κ1) is 15.0. The van der Waals surface area contributed by atoms with Crippen molar-refractivity contribution >= 4 is 0 Å². The van der Waals surface area contributed by atoms with Crippen LogP contribution in [0, 0.1) is 0 Å². The Balaban J connectivity index is 1.75. The molecule has 0 aromatic carbocycles. The Hall–Kier alpha value is -0.910. The second-order valence-corrected chi connectivity index (χ2v) is 6.18. The molecule has 2 fully saturated rings. The molecule has 0 aliphatic carbocycles. The van der Waals surface area contributed by atoms with Crippen molar-refractivity contribution < 1.29 is 4.74 Å². The second-order valence-electron chi connectivity index (χ2n) is 6.18. The molecular weight excluding hydrogens is 264 g/mol. The zero-order valence-corrected chi connectivity index (χ0v) is 13.3. The van der Waals surface area contributed by atoms with Crippen LogP contribution in [0.25, 0.3) is 0 Å². The smallest absolute Gasteiger partial charge is 0.0912 e. The summed E-state index contributed by atoms with van der Waals surface area (Å²) in [6, 6.07) is 3.04. The Morgan fingerprint density at radius 3 is 3.19 bits per heavy atom. The molecule has 2 aliphatic rings. The van der Waals surface area contributed by atoms with Crippen molar-refractivity contribution in [3.05, 3.63) is 18.0 Å². The molecule has 2 aliphatic heterocycles. The summed E-state index contributed by atoms with van der Waals surface area (Å²) >= 11 is 0. The number of aryl methyl sites for hydroxylation is 1. The van der Waals surface area contributed by atoms with E-state index < -0.39 is 0 Å². The van der Waals surface area contributed by atoms with Crippen molar-refractivity contribution in [2.24, 2.45) is 0 Å². The summed E-state index contributed by atoms with van der Waals surface area (Å²) in [5, 5.41) is 8.10. The summed E-state index contributed by atoms with van der Waals surface area (Å²) in [7, 11) is 0. The van der Waals surface area contributed by atoms with Gasteiger partial charge in [0.25, 0.3) is 0 Å². The van der Waals surface area contributed by atoms with Gasteiger partial charge in [0.05, 0.1) is 24.4 Å². The zero-order valence-electron chi connectivity index (χ0n) is 13.3. The minimum atomic E-state index is 0.228. The number of hydrogen-bond acceptors (Lipinski definition) is 4. The van der Waals surface area contributed by atoms with Crippen LogP contribution in [0.3, 0.4) is 0 Å². The average Bonchev–Trinajstić information content (AvgIpc) is 3.13. The molecule has 1 aromatic heterocycles. The summed E-state index contributed by atoms with van der Waals surface area (Å²) in [6.45, 7) is 9.44. The zero-order chi connectivity index (χ0) is 14.7. The van der Waals surface area contributed by atoms with Gasteiger partial charge in [-0.3, -0.25) is 9.58 Å². The first-order valence-corrected chi connectivity index (χ1v) is 8.44. The molecular formula is C16H28N4O. The van der Waals surface area contributed by atoms with E-state index >= 15 is 0 Å². The number of rotatable bonds is 6. The monoisotopic (exact) mass is 292 g/mol. The molecule has 5 heteroatoms. The van der Waals surface area contributed by atoms with Crippen LogP contribution in [-0.4, -0.2) is 53.1 Å². The van der Waals surface area contributed by atoms with E-state index in [1.807, 2.05) is 6.20 Å². The molecule has 1 N–H and O–H groups in total. The normalized spacial score (nSPS) is 27.7. The molecule has 21 heavy (non-hydrogen) atoms. The van der Waals surface area contributed by atoms with E-state index in [0.29, 0.717) is 6.04 Å². The largest absolute Gasteiger partial charge is 0.373 e. The van der Waals surface area contributed by atoms with Crippen LogP contribution in [-0.2, 0) is 11.3 Å². The highest BCUT2D eigenvalue weighted by Gasteiger charge is 2.36. The molecule has 1 aromatic rings. The van der Waals surface area contributed by atoms with Crippen LogP contribution in [0.4, 0.5) is 0 Å². The SMILES string of the molecule is CCCn1nccc1C(NCC)C1CN2CCCC2CO1. The summed E-state index contributed by atoms with van der Waals surface area (Å²) in [6.07, 6.45) is 5.86. The third-order valence-electron chi connectivity index (χ3n) is 4.72. The maximum absolute atomic E-state index is 6.22. The van der Waals surface area contributed by atoms with Gasteiger partial charge in [0.2, 0.25) is 0 Å². The predicted octanol–water partition coefficient (Wildman–Crippen LogP) is 1.81. The Bertz CT molecular complexity index is 447. The number of hydrogen-bond donors (Lipinski definition) is 1. The van der Waals surface area contributed by atoms with Crippen molar-refractivity contribution in [2.45, 2.75) is 57.8 Å². The molecule has 5 nitrogen and oxygen atoms in total. The van der Waals surface area contributed by atoms with Crippen molar-refractivity contribution in [3.8, 4) is 0 Å². The minimum absolute atomic E-state index is 0.228. The van der Waals surface area contributed by atoms with E-state index in [1.165, 1.54) is 25.1 Å². The highest BCUT2D eigenvalue weighted by atomic mass is 16.5. The molecule has 0 saturated carbocycles. The van der Waals surface area contributed by atoms with E-state index in [2.05, 4.69) is 39.9 Å². The Morgan fingerprint density at radius 2 is 2.38 bits per heavy atom. The minimum Gasteiger partial charge on any atom is -0.373 e. The first-order chi connectivity index (χ1) is 10.3. The molecule has 2 saturated heterocycles. The van der Waals surface area contributed by atoms with E-state index in [9.17, 15) is 0 Å². The molecule has 3 atom stereocenters. The van der Waals surface area contributed by atoms with Gasteiger partial charge in [-0.1, -0.05) is 13.8 Å². The van der Waals surface area contributed by atoms with Gasteiger partial charge in [-0.25, -0.2) is 0 Å². The first-order valence-electron chi connectivity index (χ1n) is 8.44. The van der Waals surface area contributed by atoms with Gasteiger partial charge in [0.1, 0.15) is 0 Å². The number of ether oxygens (including phenoxy) is 1. The molecule has 0 amide bonds. The Morgan fingerprint density at radius 1 is 1.48 bits per heavy atom. The highest BCUT2D eigenvalue weighted by Crippen LogP contribution is 2.28. The standard InChI is InChI=1S/C16H28N4O/c1-3-9-20-14(7-8-18-20)16(17-4-2)15-11-19-10-5-6-13(19)12-21-15/h7-8,13,15-17H,3-6,9-12H2,1-2H3. The lowest BCUT2D eigenvalue weighted by molar-refractivity contribution is -0.0662. The quantitative estimate of drug-likeness (QED) is 0.868. The lowest BCUT2D eigenvalue weighted by Crippen LogP contribution is -2.51. The van der Waals surface area contributed by atoms with Gasteiger partial charge < -0.3 is 10.1 Å². The van der Waals surface area contributed by atoms with Gasteiger partial charge in [-0.05, 0) is 38.4 Å². The summed E-state index contributed by atoms with van der Waals surface area (Å²) in [5.41, 5.74) is 1.27. The van der Waals surface area contributed by atoms with Crippen molar-refractivity contribution in [1.29, 1.82) is 0 Å². The topological polar surface area (TPSA) is 42.3 Å². The molecule has 118 valence electrons. The lowest BCUT2D eigenvalue weighted by Gasteiger charge is -2.39. The van der Waals surface area contributed by atoms with Crippen LogP contribution in [0.2, 0.25) is 0 Å². The fourth-order valence-corrected chi connectivity index (χ4v) is 3.70. The molecule has 3 rings (SSSR count). The summed E-state index contributed by atoms with van der Waals surface area (Å²) in [4.78, 5) is 2.61. The number of aromatic nitrogens is 2. The summed E-state index contributed by atoms with van der Waals surface area (Å²) in [5.74, 6) is 0. The van der Waals surface area contributed by atoms with Crippen LogP contribution >= 0.6 is 0 Å². The number of likely N-dealkylation sites (N-methyl/N-ethyl adjacent to an activating group) is 1. The fourth-order valence-electron chi connectivity index (χ4n) is 3.70. The Kier molecular flexibility index (Phi) is 4.93. The third-order valence-corrected chi connectivity index (χ3v) is 4.72. The molecule has 3 unspecified atom stereocenters. The van der Waals surface area contributed by atoms with Crippen molar-refractivity contribution in [1.82, 2.24) is 20.0 Å². The number of morpholine rings is 1. The van der Waals surface area contributed by atoms with Crippen LogP contribution in [0.1, 0.15) is 44.8 Å². The van der Waals surface area contributed by atoms with E-state index in [0.717, 1.165) is 32.7 Å². The van der Waals surface area contributed by atoms with E-state index in [4.69, 9.17) is 4.74 Å². The molecule has 0 radical (unpaired) electrons. The van der Waals surface area contributed by atoms with Gasteiger partial charge in [0.15, 0.2) is 0 Å². The lowest BCUT2D eigenvalue weighted by atomic mass is 10.0. The predicted molar refractivity (Wildman–Crippen MR) is 83.3 cm³/mol. The maximum Gasteiger partial charge on any atom is 0.0912 e. The third kappa shape index (κ3) is 3.15. The summed E-state index contributed by atoms with van der Waals surface area (Å²) < 4.78 is 8.35. The van der Waals surface area contributed by atoms with Crippen molar-refractivity contribution in [3.63, 3.8) is 0 Å². The van der Waals surface area contributed by atoms with Gasteiger partial charge in [-0.2, -0.15) is 5.10 Å². The van der Waals surface area contributed by atoms with Crippen LogP contribution < -0.4 is 5.32 Å². The fraction of sp³-hybridized carbons (Fsp3) is 0.812. The number of nitrogens with one attached hydrogen (secondary N) is 1. The molecule has 0 bridgehead atoms. The van der Waals surface area contributed by atoms with Crippen LogP contribution in [0.5, 0.6) is 0 Å². The Labute approximate surface area is 127 Å². The van der Waals surface area contributed by atoms with Gasteiger partial charge >= 0.3 is 0 Å². The van der Waals surface area contributed by atoms with Gasteiger partial charge in [-0.15, -0.1) is 0 Å². The highest BCUT2D eigenvalue weighted by molar-refractivity contribution is 5.11. The number of fused-ring (bicyclic) bond motifs is 1. The van der Waals surface area contributed by atoms with E-state index in [1.54, 1.807) is 0 Å². The molecule has 0 spiro atoms. The second kappa shape index (κ2) is 6.90. The van der Waals surface area contributed by atoms with E-state index in [-0.39, 0.29) is 12.1 Å². The van der Waals surface area contributed by atoms with Crippen molar-refractivity contribution in [2.75, 3.05) is 26.2 Å².